The highest BCUT2D eigenvalue weighted by molar-refractivity contribution is 5.53. The molecule has 0 unspecified atom stereocenters. The van der Waals surface area contributed by atoms with Crippen molar-refractivity contribution < 1.29 is 17.9 Å². The first-order chi connectivity index (χ1) is 10.8. The van der Waals surface area contributed by atoms with E-state index in [1.165, 1.54) is 17.7 Å². The third-order valence-corrected chi connectivity index (χ3v) is 4.33. The number of hydrogen-bond acceptors (Lipinski definition) is 2. The van der Waals surface area contributed by atoms with E-state index in [9.17, 15) is 13.2 Å². The quantitative estimate of drug-likeness (QED) is 0.888. The Morgan fingerprint density at radius 2 is 1.74 bits per heavy atom. The molecule has 1 aliphatic heterocycles. The maximum absolute atomic E-state index is 13.0. The highest BCUT2D eigenvalue weighted by atomic mass is 19.4. The topological polar surface area (TPSA) is 21.3 Å². The van der Waals surface area contributed by atoms with E-state index < -0.39 is 17.3 Å². The van der Waals surface area contributed by atoms with Gasteiger partial charge in [0.05, 0.1) is 18.8 Å². The molecule has 0 atom stereocenters. The Balaban J connectivity index is 1.93. The second-order valence-corrected chi connectivity index (χ2v) is 6.08. The number of aryl methyl sites for hydroxylation is 2. The highest BCUT2D eigenvalue weighted by Crippen LogP contribution is 2.37. The number of hydrogen-bond donors (Lipinski definition) is 1. The molecule has 0 aromatic heterocycles. The fraction of sp³-hybridized carbons (Fsp3) is 0.333. The molecule has 2 nitrogen and oxygen atoms in total. The van der Waals surface area contributed by atoms with Crippen LogP contribution in [-0.2, 0) is 16.5 Å². The maximum Gasteiger partial charge on any atom is 0.416 e. The molecule has 1 heterocycles. The van der Waals surface area contributed by atoms with Crippen LogP contribution in [0.15, 0.2) is 42.5 Å². The van der Waals surface area contributed by atoms with Gasteiger partial charge < -0.3 is 10.1 Å². The summed E-state index contributed by atoms with van der Waals surface area (Å²) in [6, 6.07) is 11.4. The lowest BCUT2D eigenvalue weighted by Crippen LogP contribution is -2.53. The maximum atomic E-state index is 13.0. The van der Waals surface area contributed by atoms with Crippen LogP contribution in [0, 0.1) is 13.8 Å². The Kier molecular flexibility index (Phi) is 3.84. The molecule has 0 aliphatic carbocycles. The first-order valence-electron chi connectivity index (χ1n) is 7.41. The second-order valence-electron chi connectivity index (χ2n) is 6.08. The van der Waals surface area contributed by atoms with Crippen molar-refractivity contribution in [2.24, 2.45) is 0 Å². The van der Waals surface area contributed by atoms with Crippen LogP contribution in [-0.4, -0.2) is 13.2 Å². The summed E-state index contributed by atoms with van der Waals surface area (Å²) in [4.78, 5) is 0. The fourth-order valence-corrected chi connectivity index (χ4v) is 2.71. The average Bonchev–Trinajstić information content (AvgIpc) is 2.46. The van der Waals surface area contributed by atoms with Crippen LogP contribution in [0.25, 0.3) is 0 Å². The van der Waals surface area contributed by atoms with Gasteiger partial charge in [0.25, 0.3) is 0 Å². The number of nitrogens with one attached hydrogen (secondary N) is 1. The van der Waals surface area contributed by atoms with Crippen LogP contribution < -0.4 is 5.32 Å². The third kappa shape index (κ3) is 3.06. The number of ether oxygens (including phenoxy) is 1. The van der Waals surface area contributed by atoms with Gasteiger partial charge in [-0.1, -0.05) is 18.2 Å². The van der Waals surface area contributed by atoms with Gasteiger partial charge in [0.2, 0.25) is 0 Å². The van der Waals surface area contributed by atoms with Gasteiger partial charge in [0.15, 0.2) is 0 Å². The van der Waals surface area contributed by atoms with Crippen LogP contribution in [0.2, 0.25) is 0 Å². The molecule has 1 N–H and O–H groups in total. The van der Waals surface area contributed by atoms with Crippen molar-refractivity contribution in [3.63, 3.8) is 0 Å². The van der Waals surface area contributed by atoms with E-state index >= 15 is 0 Å². The Labute approximate surface area is 133 Å². The van der Waals surface area contributed by atoms with Crippen molar-refractivity contribution >= 4 is 5.69 Å². The van der Waals surface area contributed by atoms with Gasteiger partial charge in [-0.25, -0.2) is 0 Å². The summed E-state index contributed by atoms with van der Waals surface area (Å²) in [5.74, 6) is 0. The van der Waals surface area contributed by atoms with Crippen LogP contribution in [0.1, 0.15) is 22.3 Å². The smallest absolute Gasteiger partial charge is 0.376 e. The average molecular weight is 321 g/mol. The zero-order valence-electron chi connectivity index (χ0n) is 13.0. The van der Waals surface area contributed by atoms with E-state index in [1.54, 1.807) is 6.07 Å². The summed E-state index contributed by atoms with van der Waals surface area (Å²) < 4.78 is 44.2. The summed E-state index contributed by atoms with van der Waals surface area (Å²) in [6.07, 6.45) is -4.34. The lowest BCUT2D eigenvalue weighted by atomic mass is 9.86. The molecule has 5 heteroatoms. The molecular formula is C18H18F3NO. The van der Waals surface area contributed by atoms with Gasteiger partial charge in [0, 0.05) is 5.69 Å². The number of benzene rings is 2. The molecule has 0 radical (unpaired) electrons. The SMILES string of the molecule is Cc1ccc(NC2(c3cccc(C(F)(F)F)c3)COC2)cc1C. The van der Waals surface area contributed by atoms with Crippen molar-refractivity contribution in [2.45, 2.75) is 25.6 Å². The van der Waals surface area contributed by atoms with Crippen LogP contribution in [0.5, 0.6) is 0 Å². The minimum Gasteiger partial charge on any atom is -0.376 e. The standard InChI is InChI=1S/C18H18F3NO/c1-12-6-7-16(8-13(12)2)22-17(10-23-11-17)14-4-3-5-15(9-14)18(19,20)21/h3-9,22H,10-11H2,1-2H3. The Morgan fingerprint density at radius 3 is 2.30 bits per heavy atom. The van der Waals surface area contributed by atoms with E-state index in [0.29, 0.717) is 18.8 Å². The second kappa shape index (κ2) is 5.57. The summed E-state index contributed by atoms with van der Waals surface area (Å²) in [5.41, 5.74) is 2.54. The van der Waals surface area contributed by atoms with Gasteiger partial charge in [-0.15, -0.1) is 0 Å². The molecule has 1 aliphatic rings. The Morgan fingerprint density at radius 1 is 1.00 bits per heavy atom. The largest absolute Gasteiger partial charge is 0.416 e. The van der Waals surface area contributed by atoms with Crippen molar-refractivity contribution in [3.8, 4) is 0 Å². The molecule has 0 bridgehead atoms. The molecule has 2 aromatic rings. The zero-order valence-corrected chi connectivity index (χ0v) is 13.0. The molecule has 0 spiro atoms. The Bertz CT molecular complexity index is 720. The van der Waals surface area contributed by atoms with E-state index in [2.05, 4.69) is 5.32 Å². The van der Waals surface area contributed by atoms with Crippen molar-refractivity contribution in [1.29, 1.82) is 0 Å². The number of alkyl halides is 3. The van der Waals surface area contributed by atoms with Crippen molar-refractivity contribution in [3.05, 3.63) is 64.7 Å². The molecule has 3 rings (SSSR count). The molecule has 0 amide bonds. The summed E-state index contributed by atoms with van der Waals surface area (Å²) in [7, 11) is 0. The monoisotopic (exact) mass is 321 g/mol. The zero-order chi connectivity index (χ0) is 16.7. The minimum absolute atomic E-state index is 0.348. The van der Waals surface area contributed by atoms with Gasteiger partial charge in [-0.2, -0.15) is 13.2 Å². The van der Waals surface area contributed by atoms with E-state index in [4.69, 9.17) is 4.74 Å². The third-order valence-electron chi connectivity index (χ3n) is 4.33. The normalized spacial score (nSPS) is 16.7. The van der Waals surface area contributed by atoms with Gasteiger partial charge in [-0.3, -0.25) is 0 Å². The first kappa shape index (κ1) is 15.9. The van der Waals surface area contributed by atoms with Gasteiger partial charge in [-0.05, 0) is 54.8 Å². The molecule has 0 saturated carbocycles. The van der Waals surface area contributed by atoms with Crippen molar-refractivity contribution in [1.82, 2.24) is 0 Å². The molecular weight excluding hydrogens is 303 g/mol. The minimum atomic E-state index is -4.34. The lowest BCUT2D eigenvalue weighted by Gasteiger charge is -2.43. The first-order valence-corrected chi connectivity index (χ1v) is 7.41. The van der Waals surface area contributed by atoms with Crippen molar-refractivity contribution in [2.75, 3.05) is 18.5 Å². The molecule has 23 heavy (non-hydrogen) atoms. The lowest BCUT2D eigenvalue weighted by molar-refractivity contribution is -0.137. The van der Waals surface area contributed by atoms with E-state index in [-0.39, 0.29) is 0 Å². The van der Waals surface area contributed by atoms with E-state index in [0.717, 1.165) is 17.3 Å². The number of halogens is 3. The molecule has 122 valence electrons. The van der Waals surface area contributed by atoms with Crippen LogP contribution in [0.4, 0.5) is 18.9 Å². The number of rotatable bonds is 3. The summed E-state index contributed by atoms with van der Waals surface area (Å²) in [6.45, 7) is 4.73. The van der Waals surface area contributed by atoms with Crippen LogP contribution >= 0.6 is 0 Å². The van der Waals surface area contributed by atoms with Gasteiger partial charge >= 0.3 is 6.18 Å². The van der Waals surface area contributed by atoms with Crippen LogP contribution in [0.3, 0.4) is 0 Å². The molecule has 1 fully saturated rings. The molecule has 1 saturated heterocycles. The predicted octanol–water partition coefficient (Wildman–Crippen LogP) is 4.66. The molecule has 2 aromatic carbocycles. The highest BCUT2D eigenvalue weighted by Gasteiger charge is 2.42. The summed E-state index contributed by atoms with van der Waals surface area (Å²) in [5, 5.41) is 3.36. The number of anilines is 1. The Hall–Kier alpha value is -2.01. The fourth-order valence-electron chi connectivity index (χ4n) is 2.71. The van der Waals surface area contributed by atoms with E-state index in [1.807, 2.05) is 32.0 Å². The predicted molar refractivity (Wildman–Crippen MR) is 83.5 cm³/mol. The summed E-state index contributed by atoms with van der Waals surface area (Å²) >= 11 is 0. The van der Waals surface area contributed by atoms with Gasteiger partial charge in [0.1, 0.15) is 5.54 Å².